The average Bonchev–Trinajstić information content (AvgIpc) is 3.43. The predicted molar refractivity (Wildman–Crippen MR) is 143 cm³/mol. The highest BCUT2D eigenvalue weighted by Crippen LogP contribution is 2.29. The molecule has 0 bridgehead atoms. The Kier molecular flexibility index (Phi) is 14.4. The van der Waals surface area contributed by atoms with E-state index < -0.39 is 0 Å². The fourth-order valence-electron chi connectivity index (χ4n) is 3.99. The number of nitrogens with zero attached hydrogens (tertiary/aromatic N) is 1. The lowest BCUT2D eigenvalue weighted by atomic mass is 10.0. The molecule has 0 fully saturated rings. The lowest BCUT2D eigenvalue weighted by Crippen LogP contribution is -2.32. The Morgan fingerprint density at radius 1 is 0.970 bits per heavy atom. The second kappa shape index (κ2) is 17.1. The minimum absolute atomic E-state index is 0.228. The van der Waals surface area contributed by atoms with Crippen molar-refractivity contribution >= 4 is 33.8 Å². The summed E-state index contributed by atoms with van der Waals surface area (Å²) in [6.45, 7) is 4.43. The van der Waals surface area contributed by atoms with Gasteiger partial charge in [0, 0.05) is 18.8 Å². The number of hydrogen-bond acceptors (Lipinski definition) is 7. The molecule has 0 saturated heterocycles. The second-order valence-electron chi connectivity index (χ2n) is 8.90. The Bertz CT molecular complexity index is 775. The first-order valence-electron chi connectivity index (χ1n) is 12.8. The fraction of sp³-hybridized carbons (Fsp3) is 0.692. The van der Waals surface area contributed by atoms with Gasteiger partial charge in [-0.1, -0.05) is 84.0 Å². The number of thiazole rings is 1. The van der Waals surface area contributed by atoms with Crippen LogP contribution in [0.5, 0.6) is 0 Å². The number of carbonyl (C=O) groups excluding carboxylic acids is 1. The summed E-state index contributed by atoms with van der Waals surface area (Å²) < 4.78 is 5.50. The van der Waals surface area contributed by atoms with Crippen LogP contribution < -0.4 is 11.1 Å². The lowest BCUT2D eigenvalue weighted by molar-refractivity contribution is -0.148. The highest BCUT2D eigenvalue weighted by atomic mass is 32.1. The highest BCUT2D eigenvalue weighted by Gasteiger charge is 2.12. The molecule has 2 rings (SSSR count). The minimum atomic E-state index is -0.230. The van der Waals surface area contributed by atoms with Crippen molar-refractivity contribution in [1.82, 2.24) is 10.3 Å². The molecule has 0 saturated carbocycles. The summed E-state index contributed by atoms with van der Waals surface area (Å²) in [5.74, 6) is -0.230. The standard InChI is InChI=1S/C26H43N3O2S2/c1-3-4-5-6-7-8-9-10-11-12-13-14-15-16-25(31-21(2)30)28-18-22-17-24(32-19-22)23-20-33-26(27)29-23/h17,19-20,25,28H,3-16,18H2,1-2H3,(H2,27,29). The number of esters is 1. The van der Waals surface area contributed by atoms with Crippen LogP contribution in [0.1, 0.15) is 109 Å². The number of unbranched alkanes of at least 4 members (excludes halogenated alkanes) is 12. The molecule has 0 aliphatic rings. The van der Waals surface area contributed by atoms with Crippen molar-refractivity contribution in [2.45, 2.75) is 117 Å². The van der Waals surface area contributed by atoms with Gasteiger partial charge in [0.15, 0.2) is 11.4 Å². The first-order chi connectivity index (χ1) is 16.1. The number of aromatic nitrogens is 1. The van der Waals surface area contributed by atoms with Crippen molar-refractivity contribution in [3.05, 3.63) is 22.4 Å². The maximum Gasteiger partial charge on any atom is 0.304 e. The third-order valence-electron chi connectivity index (χ3n) is 5.84. The molecule has 1 unspecified atom stereocenters. The molecule has 2 aromatic rings. The third-order valence-corrected chi connectivity index (χ3v) is 7.52. The molecule has 0 amide bonds. The maximum absolute atomic E-state index is 11.5. The van der Waals surface area contributed by atoms with Gasteiger partial charge in [0.1, 0.15) is 0 Å². The molecule has 0 spiro atoms. The largest absolute Gasteiger partial charge is 0.447 e. The Labute approximate surface area is 208 Å². The number of ether oxygens (including phenoxy) is 1. The van der Waals surface area contributed by atoms with Crippen LogP contribution in [0.4, 0.5) is 5.13 Å². The quantitative estimate of drug-likeness (QED) is 0.118. The summed E-state index contributed by atoms with van der Waals surface area (Å²) in [4.78, 5) is 17.0. The summed E-state index contributed by atoms with van der Waals surface area (Å²) in [5.41, 5.74) is 7.84. The zero-order chi connectivity index (χ0) is 23.7. The van der Waals surface area contributed by atoms with E-state index in [0.29, 0.717) is 11.7 Å². The lowest BCUT2D eigenvalue weighted by Gasteiger charge is -2.18. The topological polar surface area (TPSA) is 77.2 Å². The zero-order valence-corrected chi connectivity index (χ0v) is 22.2. The summed E-state index contributed by atoms with van der Waals surface area (Å²) in [5, 5.41) is 8.09. The predicted octanol–water partition coefficient (Wildman–Crippen LogP) is 7.91. The molecule has 33 heavy (non-hydrogen) atoms. The molecule has 0 aromatic carbocycles. The third kappa shape index (κ3) is 12.6. The SMILES string of the molecule is CCCCCCCCCCCCCCCC(NCc1csc(-c2csc(N)n2)c1)OC(C)=O. The van der Waals surface area contributed by atoms with Gasteiger partial charge in [-0.05, 0) is 29.9 Å². The number of anilines is 1. The molecule has 0 radical (unpaired) electrons. The van der Waals surface area contributed by atoms with E-state index in [9.17, 15) is 4.79 Å². The van der Waals surface area contributed by atoms with Gasteiger partial charge in [-0.2, -0.15) is 0 Å². The first kappa shape index (κ1) is 27.8. The van der Waals surface area contributed by atoms with Crippen molar-refractivity contribution in [3.63, 3.8) is 0 Å². The smallest absolute Gasteiger partial charge is 0.304 e. The van der Waals surface area contributed by atoms with Crippen molar-refractivity contribution in [2.75, 3.05) is 5.73 Å². The molecule has 3 N–H and O–H groups in total. The van der Waals surface area contributed by atoms with Crippen LogP contribution in [-0.2, 0) is 16.1 Å². The molecule has 0 aliphatic carbocycles. The van der Waals surface area contributed by atoms with E-state index in [1.807, 2.05) is 5.38 Å². The van der Waals surface area contributed by atoms with Gasteiger partial charge >= 0.3 is 5.97 Å². The maximum atomic E-state index is 11.5. The van der Waals surface area contributed by atoms with E-state index in [1.54, 1.807) is 11.3 Å². The van der Waals surface area contributed by atoms with E-state index in [1.165, 1.54) is 101 Å². The molecule has 2 heterocycles. The van der Waals surface area contributed by atoms with Gasteiger partial charge in [-0.25, -0.2) is 4.98 Å². The summed E-state index contributed by atoms with van der Waals surface area (Å²) in [6.07, 6.45) is 18.0. The molecule has 186 valence electrons. The van der Waals surface area contributed by atoms with E-state index in [0.717, 1.165) is 23.4 Å². The van der Waals surface area contributed by atoms with Gasteiger partial charge in [0.05, 0.1) is 10.6 Å². The van der Waals surface area contributed by atoms with Crippen molar-refractivity contribution in [2.24, 2.45) is 0 Å². The van der Waals surface area contributed by atoms with Crippen LogP contribution in [0.25, 0.3) is 10.6 Å². The van der Waals surface area contributed by atoms with Crippen molar-refractivity contribution < 1.29 is 9.53 Å². The molecule has 7 heteroatoms. The number of thiophene rings is 1. The molecular formula is C26H43N3O2S2. The molecule has 1 atom stereocenters. The first-order valence-corrected chi connectivity index (χ1v) is 14.5. The molecule has 2 aromatic heterocycles. The monoisotopic (exact) mass is 493 g/mol. The molecule has 0 aliphatic heterocycles. The van der Waals surface area contributed by atoms with Crippen LogP contribution in [0.2, 0.25) is 0 Å². The Morgan fingerprint density at radius 3 is 2.12 bits per heavy atom. The van der Waals surface area contributed by atoms with Crippen LogP contribution >= 0.6 is 22.7 Å². The number of hydrogen-bond donors (Lipinski definition) is 2. The summed E-state index contributed by atoms with van der Waals surface area (Å²) in [6, 6.07) is 2.13. The highest BCUT2D eigenvalue weighted by molar-refractivity contribution is 7.15. The van der Waals surface area contributed by atoms with Gasteiger partial charge in [-0.15, -0.1) is 22.7 Å². The Balaban J connectivity index is 1.55. The van der Waals surface area contributed by atoms with Crippen LogP contribution in [-0.4, -0.2) is 17.2 Å². The number of nitrogens with one attached hydrogen (secondary N) is 1. The van der Waals surface area contributed by atoms with Crippen LogP contribution in [0.15, 0.2) is 16.8 Å². The van der Waals surface area contributed by atoms with Gasteiger partial charge in [0.25, 0.3) is 0 Å². The molecular weight excluding hydrogens is 450 g/mol. The van der Waals surface area contributed by atoms with E-state index >= 15 is 0 Å². The second-order valence-corrected chi connectivity index (χ2v) is 10.7. The number of rotatable bonds is 19. The number of nitrogen functional groups attached to an aromatic ring is 1. The van der Waals surface area contributed by atoms with Crippen molar-refractivity contribution in [3.8, 4) is 10.6 Å². The average molecular weight is 494 g/mol. The van der Waals surface area contributed by atoms with Crippen LogP contribution in [0.3, 0.4) is 0 Å². The Hall–Kier alpha value is -1.44. The van der Waals surface area contributed by atoms with E-state index in [2.05, 4.69) is 28.7 Å². The minimum Gasteiger partial charge on any atom is -0.447 e. The van der Waals surface area contributed by atoms with Gasteiger partial charge in [0.2, 0.25) is 0 Å². The van der Waals surface area contributed by atoms with Gasteiger partial charge in [-0.3, -0.25) is 10.1 Å². The van der Waals surface area contributed by atoms with E-state index in [-0.39, 0.29) is 12.2 Å². The van der Waals surface area contributed by atoms with E-state index in [4.69, 9.17) is 10.5 Å². The normalized spacial score (nSPS) is 12.2. The summed E-state index contributed by atoms with van der Waals surface area (Å²) >= 11 is 3.12. The number of nitrogens with two attached hydrogens (primary N) is 1. The van der Waals surface area contributed by atoms with Crippen molar-refractivity contribution in [1.29, 1.82) is 0 Å². The zero-order valence-electron chi connectivity index (χ0n) is 20.6. The number of carbonyl (C=O) groups is 1. The fourth-order valence-corrected chi connectivity index (χ4v) is 5.50. The Morgan fingerprint density at radius 2 is 1.58 bits per heavy atom. The van der Waals surface area contributed by atoms with Crippen LogP contribution in [0, 0.1) is 0 Å². The molecule has 5 nitrogen and oxygen atoms in total. The summed E-state index contributed by atoms with van der Waals surface area (Å²) in [7, 11) is 0. The van der Waals surface area contributed by atoms with Gasteiger partial charge < -0.3 is 10.5 Å².